The Hall–Kier alpha value is -2.08. The van der Waals surface area contributed by atoms with Crippen molar-refractivity contribution in [1.29, 1.82) is 0 Å². The van der Waals surface area contributed by atoms with E-state index in [0.29, 0.717) is 36.5 Å². The van der Waals surface area contributed by atoms with Gasteiger partial charge in [-0.05, 0) is 37.1 Å². The second kappa shape index (κ2) is 8.15. The number of hydrogen-bond donors (Lipinski definition) is 2. The van der Waals surface area contributed by atoms with Crippen molar-refractivity contribution in [3.8, 4) is 0 Å². The first kappa shape index (κ1) is 18.3. The molecule has 0 unspecified atom stereocenters. The van der Waals surface area contributed by atoms with Gasteiger partial charge in [-0.1, -0.05) is 25.4 Å². The molecular weight excluding hydrogens is 330 g/mol. The highest BCUT2D eigenvalue weighted by Gasteiger charge is 2.28. The third-order valence-corrected chi connectivity index (χ3v) is 4.33. The van der Waals surface area contributed by atoms with Crippen molar-refractivity contribution >= 4 is 29.3 Å². The van der Waals surface area contributed by atoms with Crippen LogP contribution in [-0.4, -0.2) is 35.7 Å². The Morgan fingerprint density at radius 2 is 1.67 bits per heavy atom. The number of carbonyl (C=O) groups is 3. The fraction of sp³-hybridized carbons (Fsp3) is 0.471. The van der Waals surface area contributed by atoms with Crippen LogP contribution >= 0.6 is 11.6 Å². The number of halogens is 1. The molecule has 1 aliphatic rings. The maximum Gasteiger partial charge on any atom is 0.269 e. The Morgan fingerprint density at radius 3 is 2.21 bits per heavy atom. The Kier molecular flexibility index (Phi) is 6.20. The molecular formula is C17H22ClN3O3. The lowest BCUT2D eigenvalue weighted by atomic mass is 9.95. The van der Waals surface area contributed by atoms with E-state index in [1.807, 2.05) is 13.8 Å². The molecule has 0 aliphatic carbocycles. The van der Waals surface area contributed by atoms with E-state index in [-0.39, 0.29) is 23.7 Å². The van der Waals surface area contributed by atoms with Crippen molar-refractivity contribution in [2.24, 2.45) is 11.8 Å². The van der Waals surface area contributed by atoms with Gasteiger partial charge in [-0.15, -0.1) is 0 Å². The molecule has 0 bridgehead atoms. The molecule has 1 heterocycles. The van der Waals surface area contributed by atoms with E-state index >= 15 is 0 Å². The molecule has 2 rings (SSSR count). The van der Waals surface area contributed by atoms with Gasteiger partial charge >= 0.3 is 0 Å². The molecule has 3 amide bonds. The zero-order valence-corrected chi connectivity index (χ0v) is 14.6. The monoisotopic (exact) mass is 351 g/mol. The molecule has 7 heteroatoms. The van der Waals surface area contributed by atoms with Gasteiger partial charge < -0.3 is 4.90 Å². The van der Waals surface area contributed by atoms with Gasteiger partial charge in [-0.2, -0.15) is 0 Å². The number of nitrogens with zero attached hydrogens (tertiary/aromatic N) is 1. The molecule has 0 atom stereocenters. The molecule has 130 valence electrons. The number of likely N-dealkylation sites (tertiary alicyclic amines) is 1. The molecule has 0 radical (unpaired) electrons. The summed E-state index contributed by atoms with van der Waals surface area (Å²) in [6, 6.07) is 6.39. The van der Waals surface area contributed by atoms with E-state index in [1.165, 1.54) is 0 Å². The number of benzene rings is 1. The van der Waals surface area contributed by atoms with Crippen LogP contribution in [0.4, 0.5) is 0 Å². The molecule has 2 N–H and O–H groups in total. The average Bonchev–Trinajstić information content (AvgIpc) is 2.59. The Balaban J connectivity index is 1.78. The topological polar surface area (TPSA) is 78.5 Å². The van der Waals surface area contributed by atoms with Crippen molar-refractivity contribution in [2.45, 2.75) is 26.7 Å². The van der Waals surface area contributed by atoms with Crippen LogP contribution in [0.2, 0.25) is 5.02 Å². The number of nitrogens with one attached hydrogen (secondary N) is 2. The van der Waals surface area contributed by atoms with E-state index in [1.54, 1.807) is 29.2 Å². The second-order valence-corrected chi connectivity index (χ2v) is 6.64. The van der Waals surface area contributed by atoms with E-state index in [9.17, 15) is 14.4 Å². The first-order chi connectivity index (χ1) is 11.4. The predicted octanol–water partition coefficient (Wildman–Crippen LogP) is 2.00. The van der Waals surface area contributed by atoms with Crippen LogP contribution < -0.4 is 10.9 Å². The van der Waals surface area contributed by atoms with Gasteiger partial charge in [-0.3, -0.25) is 25.2 Å². The standard InChI is InChI=1S/C17H22ClN3O3/c1-11(2)17(24)21-9-7-13(8-10-21)16(23)20-19-15(22)12-3-5-14(18)6-4-12/h3-6,11,13H,7-10H2,1-2H3,(H,19,22)(H,20,23). The van der Waals surface area contributed by atoms with Gasteiger partial charge in [0, 0.05) is 35.5 Å². The fourth-order valence-electron chi connectivity index (χ4n) is 2.62. The summed E-state index contributed by atoms with van der Waals surface area (Å²) in [5, 5.41) is 0.540. The largest absolute Gasteiger partial charge is 0.342 e. The maximum atomic E-state index is 12.1. The first-order valence-electron chi connectivity index (χ1n) is 8.03. The van der Waals surface area contributed by atoms with E-state index in [4.69, 9.17) is 11.6 Å². The Bertz CT molecular complexity index is 608. The quantitative estimate of drug-likeness (QED) is 0.817. The smallest absolute Gasteiger partial charge is 0.269 e. The van der Waals surface area contributed by atoms with Crippen molar-refractivity contribution in [1.82, 2.24) is 15.8 Å². The first-order valence-corrected chi connectivity index (χ1v) is 8.41. The fourth-order valence-corrected chi connectivity index (χ4v) is 2.75. The average molecular weight is 352 g/mol. The number of rotatable bonds is 3. The summed E-state index contributed by atoms with van der Waals surface area (Å²) in [5.74, 6) is -0.743. The minimum atomic E-state index is -0.396. The second-order valence-electron chi connectivity index (χ2n) is 6.20. The van der Waals surface area contributed by atoms with Crippen LogP contribution in [0, 0.1) is 11.8 Å². The SMILES string of the molecule is CC(C)C(=O)N1CCC(C(=O)NNC(=O)c2ccc(Cl)cc2)CC1. The highest BCUT2D eigenvalue weighted by Crippen LogP contribution is 2.18. The Morgan fingerprint density at radius 1 is 1.08 bits per heavy atom. The summed E-state index contributed by atoms with van der Waals surface area (Å²) in [5.41, 5.74) is 5.28. The lowest BCUT2D eigenvalue weighted by molar-refractivity contribution is -0.138. The van der Waals surface area contributed by atoms with Gasteiger partial charge in [-0.25, -0.2) is 0 Å². The van der Waals surface area contributed by atoms with Crippen molar-refractivity contribution in [3.05, 3.63) is 34.9 Å². The van der Waals surface area contributed by atoms with Crippen LogP contribution in [0.1, 0.15) is 37.0 Å². The van der Waals surface area contributed by atoms with Gasteiger partial charge in [0.15, 0.2) is 0 Å². The highest BCUT2D eigenvalue weighted by molar-refractivity contribution is 6.30. The zero-order chi connectivity index (χ0) is 17.7. The number of amides is 3. The van der Waals surface area contributed by atoms with Crippen LogP contribution in [0.5, 0.6) is 0 Å². The maximum absolute atomic E-state index is 12.1. The van der Waals surface area contributed by atoms with Crippen LogP contribution in [-0.2, 0) is 9.59 Å². The summed E-state index contributed by atoms with van der Waals surface area (Å²) >= 11 is 5.77. The van der Waals surface area contributed by atoms with Gasteiger partial charge in [0.25, 0.3) is 5.91 Å². The summed E-state index contributed by atoms with van der Waals surface area (Å²) < 4.78 is 0. The summed E-state index contributed by atoms with van der Waals surface area (Å²) in [7, 11) is 0. The van der Waals surface area contributed by atoms with Crippen molar-refractivity contribution < 1.29 is 14.4 Å². The molecule has 1 saturated heterocycles. The van der Waals surface area contributed by atoms with Gasteiger partial charge in [0.2, 0.25) is 11.8 Å². The number of hydrazine groups is 1. The summed E-state index contributed by atoms with van der Waals surface area (Å²) in [6.45, 7) is 4.88. The van der Waals surface area contributed by atoms with Crippen molar-refractivity contribution in [2.75, 3.05) is 13.1 Å². The molecule has 1 fully saturated rings. The number of piperidine rings is 1. The predicted molar refractivity (Wildman–Crippen MR) is 91.2 cm³/mol. The lowest BCUT2D eigenvalue weighted by Gasteiger charge is -2.32. The minimum absolute atomic E-state index is 0.0333. The number of hydrogen-bond acceptors (Lipinski definition) is 3. The summed E-state index contributed by atoms with van der Waals surface area (Å²) in [4.78, 5) is 37.8. The van der Waals surface area contributed by atoms with E-state index in [2.05, 4.69) is 10.9 Å². The third kappa shape index (κ3) is 4.71. The van der Waals surface area contributed by atoms with E-state index in [0.717, 1.165) is 0 Å². The van der Waals surface area contributed by atoms with Crippen molar-refractivity contribution in [3.63, 3.8) is 0 Å². The molecule has 1 aromatic rings. The van der Waals surface area contributed by atoms with Crippen LogP contribution in [0.15, 0.2) is 24.3 Å². The van der Waals surface area contributed by atoms with Gasteiger partial charge in [0.05, 0.1) is 0 Å². The molecule has 24 heavy (non-hydrogen) atoms. The van der Waals surface area contributed by atoms with Crippen LogP contribution in [0.3, 0.4) is 0 Å². The Labute approximate surface area is 146 Å². The zero-order valence-electron chi connectivity index (χ0n) is 13.8. The minimum Gasteiger partial charge on any atom is -0.342 e. The molecule has 1 aromatic carbocycles. The molecule has 0 spiro atoms. The lowest BCUT2D eigenvalue weighted by Crippen LogP contribution is -2.48. The third-order valence-electron chi connectivity index (χ3n) is 4.08. The van der Waals surface area contributed by atoms with E-state index < -0.39 is 5.91 Å². The highest BCUT2D eigenvalue weighted by atomic mass is 35.5. The molecule has 0 aromatic heterocycles. The normalized spacial score (nSPS) is 15.2. The summed E-state index contributed by atoms with van der Waals surface area (Å²) in [6.07, 6.45) is 1.20. The molecule has 1 aliphatic heterocycles. The molecule has 6 nitrogen and oxygen atoms in total. The van der Waals surface area contributed by atoms with Crippen LogP contribution in [0.25, 0.3) is 0 Å². The molecule has 0 saturated carbocycles. The van der Waals surface area contributed by atoms with Gasteiger partial charge in [0.1, 0.15) is 0 Å². The number of carbonyl (C=O) groups excluding carboxylic acids is 3.